The van der Waals surface area contributed by atoms with Gasteiger partial charge in [-0.3, -0.25) is 4.98 Å². The van der Waals surface area contributed by atoms with E-state index in [1.165, 1.54) is 92.8 Å². The molecule has 1 nitrogen and oxygen atoms in total. The Morgan fingerprint density at radius 3 is 1.60 bits per heavy atom. The second kappa shape index (κ2) is 11.6. The summed E-state index contributed by atoms with van der Waals surface area (Å²) in [5.74, 6) is 0. The van der Waals surface area contributed by atoms with E-state index in [0.717, 1.165) is 10.9 Å². The van der Waals surface area contributed by atoms with Crippen LogP contribution >= 0.6 is 0 Å². The van der Waals surface area contributed by atoms with Gasteiger partial charge in [0.15, 0.2) is 0 Å². The predicted molar refractivity (Wildman–Crippen MR) is 224 cm³/mol. The summed E-state index contributed by atoms with van der Waals surface area (Å²) in [6.45, 7) is 6.93. The van der Waals surface area contributed by atoms with Crippen LogP contribution in [0.25, 0.3) is 98.1 Å². The summed E-state index contributed by atoms with van der Waals surface area (Å²) in [6, 6.07) is 60.8. The Balaban J connectivity index is 1.37. The molecule has 0 aliphatic rings. The Labute approximate surface area is 303 Å². The van der Waals surface area contributed by atoms with E-state index < -0.39 is 0 Å². The maximum atomic E-state index is 4.90. The third kappa shape index (κ3) is 4.88. The molecule has 10 aromatic rings. The zero-order valence-electron chi connectivity index (χ0n) is 29.6. The summed E-state index contributed by atoms with van der Waals surface area (Å²) in [7, 11) is 0. The summed E-state index contributed by atoms with van der Waals surface area (Å²) < 4.78 is 0. The normalized spacial score (nSPS) is 12.1. The van der Waals surface area contributed by atoms with E-state index in [-0.39, 0.29) is 5.41 Å². The van der Waals surface area contributed by atoms with Crippen LogP contribution in [-0.2, 0) is 5.41 Å². The topological polar surface area (TPSA) is 12.9 Å². The number of pyridine rings is 1. The molecule has 0 radical (unpaired) electrons. The third-order valence-electron chi connectivity index (χ3n) is 11.0. The lowest BCUT2D eigenvalue weighted by atomic mass is 9.80. The van der Waals surface area contributed by atoms with E-state index in [2.05, 4.69) is 178 Å². The molecule has 0 unspecified atom stereocenters. The lowest BCUT2D eigenvalue weighted by molar-refractivity contribution is 0.591. The van der Waals surface area contributed by atoms with Crippen molar-refractivity contribution in [3.63, 3.8) is 0 Å². The molecule has 0 aliphatic carbocycles. The first kappa shape index (κ1) is 30.5. The van der Waals surface area contributed by atoms with Gasteiger partial charge in [-0.15, -0.1) is 0 Å². The Morgan fingerprint density at radius 1 is 0.385 bits per heavy atom. The average Bonchev–Trinajstić information content (AvgIpc) is 3.18. The molecule has 1 heteroatoms. The second-order valence-corrected chi connectivity index (χ2v) is 15.2. The molecular weight excluding hydrogens is 627 g/mol. The van der Waals surface area contributed by atoms with Gasteiger partial charge in [0.25, 0.3) is 0 Å². The van der Waals surface area contributed by atoms with Crippen molar-refractivity contribution in [2.75, 3.05) is 0 Å². The highest BCUT2D eigenvalue weighted by molar-refractivity contribution is 6.23. The van der Waals surface area contributed by atoms with Crippen molar-refractivity contribution in [2.45, 2.75) is 26.2 Å². The number of benzene rings is 9. The SMILES string of the molecule is CC(C)(C)c1ccc2c(-c3ccc4ccccc4c3)c3cc(-c4cccc5ccc6cccnc6c45)ccc3c(-c3ccc4ccccc4c3)c2c1. The highest BCUT2D eigenvalue weighted by atomic mass is 14.6. The highest BCUT2D eigenvalue weighted by Crippen LogP contribution is 2.47. The minimum absolute atomic E-state index is 0.00193. The molecule has 0 bridgehead atoms. The van der Waals surface area contributed by atoms with E-state index in [4.69, 9.17) is 4.98 Å². The molecular formula is C51H37N. The fourth-order valence-electron chi connectivity index (χ4n) is 8.33. The molecule has 1 aromatic heterocycles. The van der Waals surface area contributed by atoms with Gasteiger partial charge in [0.2, 0.25) is 0 Å². The monoisotopic (exact) mass is 663 g/mol. The van der Waals surface area contributed by atoms with Crippen LogP contribution in [0, 0.1) is 0 Å². The van der Waals surface area contributed by atoms with Crippen LogP contribution in [0.4, 0.5) is 0 Å². The number of hydrogen-bond acceptors (Lipinski definition) is 1. The molecule has 9 aromatic carbocycles. The summed E-state index contributed by atoms with van der Waals surface area (Å²) in [5, 5.41) is 13.6. The van der Waals surface area contributed by atoms with Gasteiger partial charge in [-0.25, -0.2) is 0 Å². The van der Waals surface area contributed by atoms with E-state index in [9.17, 15) is 0 Å². The van der Waals surface area contributed by atoms with Gasteiger partial charge in [0.1, 0.15) is 0 Å². The van der Waals surface area contributed by atoms with Crippen LogP contribution in [0.1, 0.15) is 26.3 Å². The molecule has 10 rings (SSSR count). The van der Waals surface area contributed by atoms with Crippen LogP contribution in [0.15, 0.2) is 170 Å². The first-order valence-electron chi connectivity index (χ1n) is 18.2. The average molecular weight is 664 g/mol. The smallest absolute Gasteiger partial charge is 0.0786 e. The Morgan fingerprint density at radius 2 is 0.923 bits per heavy atom. The van der Waals surface area contributed by atoms with Crippen LogP contribution in [-0.4, -0.2) is 4.98 Å². The third-order valence-corrected chi connectivity index (χ3v) is 11.0. The fraction of sp³-hybridized carbons (Fsp3) is 0.0784. The largest absolute Gasteiger partial charge is 0.256 e. The van der Waals surface area contributed by atoms with Gasteiger partial charge < -0.3 is 0 Å². The van der Waals surface area contributed by atoms with Gasteiger partial charge >= 0.3 is 0 Å². The first-order valence-corrected chi connectivity index (χ1v) is 18.2. The number of aromatic nitrogens is 1. The van der Waals surface area contributed by atoms with Gasteiger partial charge in [-0.1, -0.05) is 154 Å². The lowest BCUT2D eigenvalue weighted by Crippen LogP contribution is -2.10. The minimum Gasteiger partial charge on any atom is -0.256 e. The van der Waals surface area contributed by atoms with Crippen molar-refractivity contribution in [3.05, 3.63) is 176 Å². The number of fused-ring (bicyclic) bond motifs is 7. The van der Waals surface area contributed by atoms with Crippen molar-refractivity contribution in [2.24, 2.45) is 0 Å². The maximum Gasteiger partial charge on any atom is 0.0786 e. The molecule has 0 fully saturated rings. The molecule has 0 aliphatic heterocycles. The molecule has 0 saturated carbocycles. The van der Waals surface area contributed by atoms with Crippen molar-refractivity contribution < 1.29 is 0 Å². The first-order chi connectivity index (χ1) is 25.4. The van der Waals surface area contributed by atoms with Crippen LogP contribution in [0.5, 0.6) is 0 Å². The van der Waals surface area contributed by atoms with Gasteiger partial charge in [0.05, 0.1) is 5.52 Å². The fourth-order valence-corrected chi connectivity index (χ4v) is 8.33. The summed E-state index contributed by atoms with van der Waals surface area (Å²) in [6.07, 6.45) is 1.91. The molecule has 0 spiro atoms. The van der Waals surface area contributed by atoms with Crippen LogP contribution in [0.3, 0.4) is 0 Å². The second-order valence-electron chi connectivity index (χ2n) is 15.2. The Bertz CT molecular complexity index is 3050. The van der Waals surface area contributed by atoms with Gasteiger partial charge in [-0.05, 0) is 123 Å². The number of nitrogens with zero attached hydrogens (tertiary/aromatic N) is 1. The standard InChI is InChI=1S/C51H37N/c1-51(2,3)41-24-26-44-46(31-41)48(40-22-18-33-11-5-7-13-37(33)29-40)43-25-23-38(30-45(43)47(44)39-21-17-32-10-4-6-12-36(32)28-39)42-16-8-14-34-19-20-35-15-9-27-52-50(35)49(34)42/h4-31H,1-3H3. The predicted octanol–water partition coefficient (Wildman–Crippen LogP) is 14.3. The summed E-state index contributed by atoms with van der Waals surface area (Å²) in [4.78, 5) is 4.90. The minimum atomic E-state index is 0.00193. The van der Waals surface area contributed by atoms with E-state index in [0.29, 0.717) is 0 Å². The van der Waals surface area contributed by atoms with Gasteiger partial charge in [-0.2, -0.15) is 0 Å². The molecule has 246 valence electrons. The zero-order chi connectivity index (χ0) is 35.0. The number of rotatable bonds is 3. The molecule has 0 atom stereocenters. The van der Waals surface area contributed by atoms with E-state index in [1.54, 1.807) is 0 Å². The molecule has 52 heavy (non-hydrogen) atoms. The zero-order valence-corrected chi connectivity index (χ0v) is 29.6. The quantitative estimate of drug-likeness (QED) is 0.135. The van der Waals surface area contributed by atoms with Gasteiger partial charge in [0, 0.05) is 17.0 Å². The summed E-state index contributed by atoms with van der Waals surface area (Å²) in [5.41, 5.74) is 9.77. The molecule has 1 heterocycles. The lowest BCUT2D eigenvalue weighted by Gasteiger charge is -2.23. The van der Waals surface area contributed by atoms with Crippen molar-refractivity contribution in [1.82, 2.24) is 4.98 Å². The van der Waals surface area contributed by atoms with Crippen LogP contribution in [0.2, 0.25) is 0 Å². The Hall–Kier alpha value is -6.31. The number of hydrogen-bond donors (Lipinski definition) is 0. The maximum absolute atomic E-state index is 4.90. The molecule has 0 N–H and O–H groups in total. The molecule has 0 saturated heterocycles. The summed E-state index contributed by atoms with van der Waals surface area (Å²) >= 11 is 0. The Kier molecular flexibility index (Phi) is 6.82. The van der Waals surface area contributed by atoms with Crippen molar-refractivity contribution in [1.29, 1.82) is 0 Å². The van der Waals surface area contributed by atoms with Crippen molar-refractivity contribution in [3.8, 4) is 33.4 Å². The van der Waals surface area contributed by atoms with E-state index in [1.807, 2.05) is 12.3 Å². The van der Waals surface area contributed by atoms with E-state index >= 15 is 0 Å². The van der Waals surface area contributed by atoms with Crippen molar-refractivity contribution >= 4 is 64.8 Å². The molecule has 0 amide bonds. The van der Waals surface area contributed by atoms with Crippen LogP contribution < -0.4 is 0 Å². The highest BCUT2D eigenvalue weighted by Gasteiger charge is 2.22.